The molecule has 0 aliphatic rings. The van der Waals surface area contributed by atoms with Gasteiger partial charge in [-0.15, -0.1) is 11.3 Å². The van der Waals surface area contributed by atoms with Crippen molar-refractivity contribution in [2.45, 2.75) is 19.8 Å². The zero-order chi connectivity index (χ0) is 18.4. The number of amides is 1. The Balaban J connectivity index is 1.71. The van der Waals surface area contributed by atoms with E-state index in [2.05, 4.69) is 18.0 Å². The van der Waals surface area contributed by atoms with E-state index in [-0.39, 0.29) is 5.91 Å². The molecular weight excluding hydrogens is 344 g/mol. The Labute approximate surface area is 157 Å². The van der Waals surface area contributed by atoms with Crippen molar-refractivity contribution in [2.75, 3.05) is 18.6 Å². The second-order valence-electron chi connectivity index (χ2n) is 5.97. The number of unbranched alkanes of at least 4 members (excludes halogenated alkanes) is 1. The van der Waals surface area contributed by atoms with E-state index in [1.165, 1.54) is 11.3 Å². The van der Waals surface area contributed by atoms with Gasteiger partial charge in [-0.3, -0.25) is 4.79 Å². The number of fused-ring (bicyclic) bond motifs is 1. The van der Waals surface area contributed by atoms with Gasteiger partial charge in [0.25, 0.3) is 5.91 Å². The van der Waals surface area contributed by atoms with E-state index in [0.29, 0.717) is 12.2 Å². The van der Waals surface area contributed by atoms with Crippen molar-refractivity contribution in [3.8, 4) is 5.75 Å². The monoisotopic (exact) mass is 366 g/mol. The first-order valence-corrected chi connectivity index (χ1v) is 9.56. The summed E-state index contributed by atoms with van der Waals surface area (Å²) in [5.41, 5.74) is 4.16. The lowest BCUT2D eigenvalue weighted by molar-refractivity contribution is 0.0993. The first-order valence-electron chi connectivity index (χ1n) is 8.68. The molecule has 0 saturated heterocycles. The fourth-order valence-corrected chi connectivity index (χ4v) is 3.29. The number of carbonyl (C=O) groups is 1. The lowest BCUT2D eigenvalue weighted by Gasteiger charge is -2.18. The number of carbonyl (C=O) groups excluding carboxylic acids is 1. The van der Waals surface area contributed by atoms with Gasteiger partial charge in [0.1, 0.15) is 12.4 Å². The molecule has 0 radical (unpaired) electrons. The highest BCUT2D eigenvalue weighted by Gasteiger charge is 2.15. The van der Waals surface area contributed by atoms with Gasteiger partial charge in [0, 0.05) is 24.4 Å². The molecule has 134 valence electrons. The molecule has 5 heteroatoms. The number of hydrogen-bond acceptors (Lipinski definition) is 4. The van der Waals surface area contributed by atoms with Crippen LogP contribution in [0.4, 0.5) is 5.69 Å². The van der Waals surface area contributed by atoms with Gasteiger partial charge in [-0.2, -0.15) is 0 Å². The van der Waals surface area contributed by atoms with Crippen LogP contribution in [-0.4, -0.2) is 24.5 Å². The van der Waals surface area contributed by atoms with Gasteiger partial charge < -0.3 is 9.64 Å². The number of hydrogen-bond donors (Lipinski definition) is 0. The van der Waals surface area contributed by atoms with E-state index >= 15 is 0 Å². The molecule has 4 nitrogen and oxygen atoms in total. The smallest absolute Gasteiger partial charge is 0.258 e. The molecule has 2 aromatic carbocycles. The van der Waals surface area contributed by atoms with Crippen molar-refractivity contribution >= 4 is 33.1 Å². The second-order valence-corrected chi connectivity index (χ2v) is 6.85. The van der Waals surface area contributed by atoms with Gasteiger partial charge >= 0.3 is 0 Å². The largest absolute Gasteiger partial charge is 0.489 e. The fraction of sp³-hybridized carbons (Fsp3) is 0.238. The van der Waals surface area contributed by atoms with Crippen LogP contribution in [-0.2, 0) is 0 Å². The Morgan fingerprint density at radius 2 is 2.12 bits per heavy atom. The molecule has 0 aliphatic carbocycles. The lowest BCUT2D eigenvalue weighted by Crippen LogP contribution is -2.26. The molecule has 0 saturated carbocycles. The normalized spacial score (nSPS) is 11.2. The first-order chi connectivity index (χ1) is 12.7. The number of thiazole rings is 1. The summed E-state index contributed by atoms with van der Waals surface area (Å²) in [6.45, 7) is 2.68. The van der Waals surface area contributed by atoms with E-state index in [1.807, 2.05) is 48.5 Å². The van der Waals surface area contributed by atoms with E-state index in [1.54, 1.807) is 17.5 Å². The maximum atomic E-state index is 12.8. The van der Waals surface area contributed by atoms with Gasteiger partial charge in [0.05, 0.1) is 15.7 Å². The number of rotatable bonds is 7. The zero-order valence-corrected chi connectivity index (χ0v) is 15.8. The number of aromatic nitrogens is 1. The topological polar surface area (TPSA) is 42.4 Å². The first kappa shape index (κ1) is 18.1. The highest BCUT2D eigenvalue weighted by molar-refractivity contribution is 7.16. The summed E-state index contributed by atoms with van der Waals surface area (Å²) < 4.78 is 6.76. The van der Waals surface area contributed by atoms with Crippen molar-refractivity contribution in [2.24, 2.45) is 0 Å². The number of ether oxygens (including phenoxy) is 1. The third-order valence-corrected chi connectivity index (χ3v) is 4.85. The molecule has 0 aliphatic heterocycles. The minimum atomic E-state index is -0.0553. The summed E-state index contributed by atoms with van der Waals surface area (Å²) in [7, 11) is 1.78. The predicted molar refractivity (Wildman–Crippen MR) is 108 cm³/mol. The number of anilines is 1. The van der Waals surface area contributed by atoms with Gasteiger partial charge in [-0.25, -0.2) is 4.98 Å². The third kappa shape index (κ3) is 4.29. The van der Waals surface area contributed by atoms with Gasteiger partial charge in [0.15, 0.2) is 0 Å². The van der Waals surface area contributed by atoms with Crippen LogP contribution in [0.1, 0.15) is 30.1 Å². The molecular formula is C21H22N2O2S. The van der Waals surface area contributed by atoms with Crippen LogP contribution in [0.2, 0.25) is 0 Å². The lowest BCUT2D eigenvalue weighted by atomic mass is 10.1. The fourth-order valence-electron chi connectivity index (χ4n) is 2.58. The van der Waals surface area contributed by atoms with E-state index < -0.39 is 0 Å². The van der Waals surface area contributed by atoms with Crippen LogP contribution in [0.15, 0.2) is 60.1 Å². The highest BCUT2D eigenvalue weighted by Crippen LogP contribution is 2.24. The van der Waals surface area contributed by atoms with Crippen molar-refractivity contribution in [1.29, 1.82) is 0 Å². The Morgan fingerprint density at radius 3 is 2.96 bits per heavy atom. The summed E-state index contributed by atoms with van der Waals surface area (Å²) in [6, 6.07) is 13.2. The van der Waals surface area contributed by atoms with E-state index in [4.69, 9.17) is 4.74 Å². The molecule has 3 aromatic rings. The average Bonchev–Trinajstić information content (AvgIpc) is 3.14. The molecule has 0 atom stereocenters. The molecule has 26 heavy (non-hydrogen) atoms. The Kier molecular flexibility index (Phi) is 6.02. The molecule has 0 fully saturated rings. The molecule has 1 heterocycles. The maximum Gasteiger partial charge on any atom is 0.258 e. The van der Waals surface area contributed by atoms with Crippen LogP contribution in [0.3, 0.4) is 0 Å². The van der Waals surface area contributed by atoms with Crippen LogP contribution < -0.4 is 9.64 Å². The van der Waals surface area contributed by atoms with Crippen molar-refractivity contribution in [3.63, 3.8) is 0 Å². The minimum Gasteiger partial charge on any atom is -0.489 e. The molecule has 1 aromatic heterocycles. The van der Waals surface area contributed by atoms with Crippen molar-refractivity contribution in [3.05, 3.63) is 65.7 Å². The van der Waals surface area contributed by atoms with Crippen LogP contribution in [0, 0.1) is 0 Å². The average molecular weight is 366 g/mol. The Bertz CT molecular complexity index is 917. The van der Waals surface area contributed by atoms with Gasteiger partial charge in [-0.1, -0.05) is 31.6 Å². The summed E-state index contributed by atoms with van der Waals surface area (Å²) in [5, 5.41) is 0. The molecule has 0 spiro atoms. The quantitative estimate of drug-likeness (QED) is 0.532. The summed E-state index contributed by atoms with van der Waals surface area (Å²) in [4.78, 5) is 18.7. The van der Waals surface area contributed by atoms with Crippen LogP contribution in [0.5, 0.6) is 5.75 Å². The van der Waals surface area contributed by atoms with Crippen LogP contribution >= 0.6 is 11.3 Å². The molecule has 0 N–H and O–H groups in total. The number of benzene rings is 2. The molecule has 1 amide bonds. The Hall–Kier alpha value is -2.66. The highest BCUT2D eigenvalue weighted by atomic mass is 32.1. The summed E-state index contributed by atoms with van der Waals surface area (Å²) >= 11 is 1.54. The van der Waals surface area contributed by atoms with Gasteiger partial charge in [-0.05, 0) is 36.8 Å². The standard InChI is InChI=1S/C21H22N2O2S/c1-3-4-5-6-12-25-18-9-7-8-17(14-18)23(2)21(24)16-10-11-19-20(13-16)26-15-22-19/h5-11,13-15H,3-4,12H2,1-2H3. The van der Waals surface area contributed by atoms with Gasteiger partial charge in [0.2, 0.25) is 0 Å². The van der Waals surface area contributed by atoms with Crippen molar-refractivity contribution in [1.82, 2.24) is 4.98 Å². The number of nitrogens with zero attached hydrogens (tertiary/aromatic N) is 2. The summed E-state index contributed by atoms with van der Waals surface area (Å²) in [6.07, 6.45) is 6.33. The zero-order valence-electron chi connectivity index (χ0n) is 15.0. The maximum absolute atomic E-state index is 12.8. The molecule has 0 bridgehead atoms. The van der Waals surface area contributed by atoms with Crippen molar-refractivity contribution < 1.29 is 9.53 Å². The summed E-state index contributed by atoms with van der Waals surface area (Å²) in [5.74, 6) is 0.696. The van der Waals surface area contributed by atoms with E-state index in [0.717, 1.165) is 34.5 Å². The number of allylic oxidation sites excluding steroid dienone is 1. The second kappa shape index (κ2) is 8.63. The van der Waals surface area contributed by atoms with Crippen LogP contribution in [0.25, 0.3) is 10.2 Å². The predicted octanol–water partition coefficient (Wildman–Crippen LogP) is 5.31. The SMILES string of the molecule is CCCC=CCOc1cccc(N(C)C(=O)c2ccc3ncsc3c2)c1. The molecule has 3 rings (SSSR count). The Morgan fingerprint density at radius 1 is 1.23 bits per heavy atom. The van der Waals surface area contributed by atoms with E-state index in [9.17, 15) is 4.79 Å². The molecule has 0 unspecified atom stereocenters. The minimum absolute atomic E-state index is 0.0553. The third-order valence-electron chi connectivity index (χ3n) is 4.06.